The Balaban J connectivity index is 1.61. The van der Waals surface area contributed by atoms with Crippen LogP contribution in [0.25, 0.3) is 0 Å². The molecular weight excluding hydrogens is 304 g/mol. The summed E-state index contributed by atoms with van der Waals surface area (Å²) in [6.07, 6.45) is 7.04. The maximum Gasteiger partial charge on any atom is 0.208 e. The third-order valence-corrected chi connectivity index (χ3v) is 6.68. The zero-order valence-corrected chi connectivity index (χ0v) is 14.3. The summed E-state index contributed by atoms with van der Waals surface area (Å²) in [5, 5.41) is 23.5. The van der Waals surface area contributed by atoms with Crippen LogP contribution in [-0.4, -0.2) is 52.8 Å². The Bertz CT molecular complexity index is 477. The molecule has 2 saturated carbocycles. The number of aliphatic hydroxyl groups is 1. The Hall–Kier alpha value is -0.370. The van der Waals surface area contributed by atoms with E-state index >= 15 is 0 Å². The Morgan fingerprint density at radius 2 is 2.19 bits per heavy atom. The van der Waals surface area contributed by atoms with Crippen LogP contribution in [0.2, 0.25) is 0 Å². The van der Waals surface area contributed by atoms with Gasteiger partial charge in [-0.05, 0) is 32.1 Å². The number of hydrogen-bond donors (Lipinski definition) is 2. The third-order valence-electron chi connectivity index (χ3n) is 4.24. The molecule has 0 amide bonds. The van der Waals surface area contributed by atoms with Crippen LogP contribution in [0.4, 0.5) is 5.13 Å². The molecule has 2 atom stereocenters. The minimum Gasteiger partial charge on any atom is -0.394 e. The van der Waals surface area contributed by atoms with Crippen LogP contribution >= 0.6 is 23.1 Å². The normalized spacial score (nSPS) is 29.6. The summed E-state index contributed by atoms with van der Waals surface area (Å²) in [5.41, 5.74) is -0.0633. The van der Waals surface area contributed by atoms with Gasteiger partial charge in [-0.3, -0.25) is 0 Å². The van der Waals surface area contributed by atoms with E-state index in [0.29, 0.717) is 11.3 Å². The van der Waals surface area contributed by atoms with Crippen molar-refractivity contribution in [3.63, 3.8) is 0 Å². The summed E-state index contributed by atoms with van der Waals surface area (Å²) in [7, 11) is 3.98. The first-order valence-corrected chi connectivity index (χ1v) is 9.36. The largest absolute Gasteiger partial charge is 0.394 e. The van der Waals surface area contributed by atoms with E-state index in [1.165, 1.54) is 25.7 Å². The zero-order chi connectivity index (χ0) is 14.9. The topological polar surface area (TPSA) is 61.3 Å². The van der Waals surface area contributed by atoms with Crippen molar-refractivity contribution in [2.45, 2.75) is 59.7 Å². The van der Waals surface area contributed by atoms with Crippen molar-refractivity contribution in [1.29, 1.82) is 0 Å². The lowest BCUT2D eigenvalue weighted by Crippen LogP contribution is -2.53. The summed E-state index contributed by atoms with van der Waals surface area (Å²) in [5.74, 6) is 0. The van der Waals surface area contributed by atoms with Gasteiger partial charge in [0.25, 0.3) is 0 Å². The molecule has 0 radical (unpaired) electrons. The zero-order valence-electron chi connectivity index (χ0n) is 12.7. The van der Waals surface area contributed by atoms with E-state index in [9.17, 15) is 5.11 Å². The lowest BCUT2D eigenvalue weighted by molar-refractivity contribution is 0.122. The highest BCUT2D eigenvalue weighted by molar-refractivity contribution is 8.01. The minimum absolute atomic E-state index is 0.0633. The van der Waals surface area contributed by atoms with Crippen LogP contribution in [0.3, 0.4) is 0 Å². The molecule has 2 aliphatic carbocycles. The Morgan fingerprint density at radius 1 is 1.38 bits per heavy atom. The maximum absolute atomic E-state index is 9.88. The molecule has 3 rings (SSSR count). The fourth-order valence-corrected chi connectivity index (χ4v) is 5.35. The molecule has 0 bridgehead atoms. The van der Waals surface area contributed by atoms with E-state index in [0.717, 1.165) is 22.3 Å². The van der Waals surface area contributed by atoms with Crippen LogP contribution in [0, 0.1) is 0 Å². The predicted molar refractivity (Wildman–Crippen MR) is 88.3 cm³/mol. The van der Waals surface area contributed by atoms with Gasteiger partial charge < -0.3 is 15.3 Å². The van der Waals surface area contributed by atoms with Crippen molar-refractivity contribution in [2.24, 2.45) is 0 Å². The van der Waals surface area contributed by atoms with Gasteiger partial charge in [0, 0.05) is 30.9 Å². The number of nitrogens with zero attached hydrogens (tertiary/aromatic N) is 3. The SMILES string of the molecule is CN(C)c1nnc(SC2CCCC(CO)(NC3CC3)C2)s1. The highest BCUT2D eigenvalue weighted by atomic mass is 32.2. The molecule has 7 heteroatoms. The van der Waals surface area contributed by atoms with Crippen molar-refractivity contribution < 1.29 is 5.11 Å². The quantitative estimate of drug-likeness (QED) is 0.834. The van der Waals surface area contributed by atoms with Gasteiger partial charge in [0.15, 0.2) is 4.34 Å². The summed E-state index contributed by atoms with van der Waals surface area (Å²) < 4.78 is 1.05. The average molecular weight is 329 g/mol. The van der Waals surface area contributed by atoms with Crippen LogP contribution < -0.4 is 10.2 Å². The second-order valence-corrected chi connectivity index (χ2v) is 8.94. The Morgan fingerprint density at radius 3 is 2.81 bits per heavy atom. The Kier molecular flexibility index (Phi) is 4.73. The fourth-order valence-electron chi connectivity index (χ4n) is 2.96. The first-order valence-electron chi connectivity index (χ1n) is 7.66. The van der Waals surface area contributed by atoms with Gasteiger partial charge in [-0.1, -0.05) is 29.5 Å². The highest BCUT2D eigenvalue weighted by Crippen LogP contribution is 2.41. The first kappa shape index (κ1) is 15.5. The van der Waals surface area contributed by atoms with Gasteiger partial charge in [-0.15, -0.1) is 10.2 Å². The smallest absolute Gasteiger partial charge is 0.208 e. The molecule has 0 saturated heterocycles. The summed E-state index contributed by atoms with van der Waals surface area (Å²) in [6, 6.07) is 0.641. The monoisotopic (exact) mass is 328 g/mol. The van der Waals surface area contributed by atoms with Crippen molar-refractivity contribution in [3.8, 4) is 0 Å². The van der Waals surface area contributed by atoms with E-state index in [-0.39, 0.29) is 12.1 Å². The molecule has 5 nitrogen and oxygen atoms in total. The van der Waals surface area contributed by atoms with Gasteiger partial charge in [-0.25, -0.2) is 0 Å². The molecule has 2 unspecified atom stereocenters. The van der Waals surface area contributed by atoms with Crippen molar-refractivity contribution >= 4 is 28.2 Å². The molecule has 2 N–H and O–H groups in total. The van der Waals surface area contributed by atoms with Gasteiger partial charge in [0.2, 0.25) is 5.13 Å². The number of aliphatic hydroxyl groups excluding tert-OH is 1. The predicted octanol–water partition coefficient (Wildman–Crippen LogP) is 2.12. The molecule has 2 aliphatic rings. The first-order chi connectivity index (χ1) is 10.1. The average Bonchev–Trinajstić information content (AvgIpc) is 3.14. The number of hydrogen-bond acceptors (Lipinski definition) is 7. The molecule has 1 aromatic rings. The van der Waals surface area contributed by atoms with Gasteiger partial charge in [0.05, 0.1) is 6.61 Å². The van der Waals surface area contributed by atoms with Crippen LogP contribution in [0.1, 0.15) is 38.5 Å². The molecule has 2 fully saturated rings. The number of anilines is 1. The Labute approximate surface area is 134 Å². The molecule has 1 aromatic heterocycles. The molecule has 118 valence electrons. The van der Waals surface area contributed by atoms with E-state index in [1.807, 2.05) is 30.8 Å². The van der Waals surface area contributed by atoms with Gasteiger partial charge >= 0.3 is 0 Å². The maximum atomic E-state index is 9.88. The van der Waals surface area contributed by atoms with E-state index in [4.69, 9.17) is 0 Å². The van der Waals surface area contributed by atoms with E-state index < -0.39 is 0 Å². The number of aromatic nitrogens is 2. The molecule has 0 aromatic carbocycles. The third kappa shape index (κ3) is 3.88. The lowest BCUT2D eigenvalue weighted by Gasteiger charge is -2.40. The number of thioether (sulfide) groups is 1. The van der Waals surface area contributed by atoms with E-state index in [2.05, 4.69) is 15.5 Å². The minimum atomic E-state index is -0.0633. The van der Waals surface area contributed by atoms with Crippen LogP contribution in [0.5, 0.6) is 0 Å². The molecule has 0 aliphatic heterocycles. The van der Waals surface area contributed by atoms with Gasteiger partial charge in [-0.2, -0.15) is 0 Å². The standard InChI is InChI=1S/C14H24N4OS2/c1-18(2)12-16-17-13(21-12)20-11-4-3-7-14(8-11,9-19)15-10-5-6-10/h10-11,15,19H,3-9H2,1-2H3. The van der Waals surface area contributed by atoms with E-state index in [1.54, 1.807) is 11.3 Å². The van der Waals surface area contributed by atoms with Gasteiger partial charge in [0.1, 0.15) is 0 Å². The summed E-state index contributed by atoms with van der Waals surface area (Å²) in [6.45, 7) is 0.250. The second kappa shape index (κ2) is 6.40. The van der Waals surface area contributed by atoms with Crippen molar-refractivity contribution in [3.05, 3.63) is 0 Å². The second-order valence-electron chi connectivity index (χ2n) is 6.44. The molecule has 0 spiro atoms. The molecule has 1 heterocycles. The summed E-state index contributed by atoms with van der Waals surface area (Å²) >= 11 is 3.49. The summed E-state index contributed by atoms with van der Waals surface area (Å²) in [4.78, 5) is 2.00. The van der Waals surface area contributed by atoms with Crippen molar-refractivity contribution in [1.82, 2.24) is 15.5 Å². The van der Waals surface area contributed by atoms with Crippen LogP contribution in [0.15, 0.2) is 4.34 Å². The fraction of sp³-hybridized carbons (Fsp3) is 0.857. The number of rotatable bonds is 6. The lowest BCUT2D eigenvalue weighted by atomic mass is 9.82. The number of nitrogens with one attached hydrogen (secondary N) is 1. The molecule has 21 heavy (non-hydrogen) atoms. The highest BCUT2D eigenvalue weighted by Gasteiger charge is 2.40. The van der Waals surface area contributed by atoms with Crippen molar-refractivity contribution in [2.75, 3.05) is 25.6 Å². The van der Waals surface area contributed by atoms with Crippen LogP contribution in [-0.2, 0) is 0 Å². The molecular formula is C14H24N4OS2.